The quantitative estimate of drug-likeness (QED) is 0.326. The molecule has 0 amide bonds. The van der Waals surface area contributed by atoms with Crippen molar-refractivity contribution in [2.45, 2.75) is 0 Å². The minimum Gasteiger partial charge on any atom is -0.323 e. The monoisotopic (exact) mass is 230 g/mol. The molecule has 0 spiro atoms. The molecule has 0 bridgehead atoms. The zero-order valence-electron chi connectivity index (χ0n) is 8.74. The Labute approximate surface area is 95.0 Å². The molecule has 17 heavy (non-hydrogen) atoms. The average Bonchev–Trinajstić information content (AvgIpc) is 2.92. The van der Waals surface area contributed by atoms with E-state index in [9.17, 15) is 4.79 Å². The Morgan fingerprint density at radius 3 is 2.76 bits per heavy atom. The molecule has 7 nitrogen and oxygen atoms in total. The van der Waals surface area contributed by atoms with Crippen LogP contribution in [0.4, 0.5) is 5.95 Å². The van der Waals surface area contributed by atoms with Crippen LogP contribution in [0.3, 0.4) is 0 Å². The lowest BCUT2D eigenvalue weighted by Gasteiger charge is -1.97. The van der Waals surface area contributed by atoms with Crippen LogP contribution in [0.2, 0.25) is 0 Å². The number of hydrogen-bond acceptors (Lipinski definition) is 4. The van der Waals surface area contributed by atoms with Crippen LogP contribution >= 0.6 is 0 Å². The molecule has 0 atom stereocenters. The summed E-state index contributed by atoms with van der Waals surface area (Å²) in [7, 11) is 0. The summed E-state index contributed by atoms with van der Waals surface area (Å²) >= 11 is 0. The van der Waals surface area contributed by atoms with Crippen LogP contribution in [0.15, 0.2) is 29.2 Å². The molecule has 0 saturated heterocycles. The third-order valence-electron chi connectivity index (χ3n) is 2.54. The number of nitrogens with one attached hydrogen (secondary N) is 4. The predicted octanol–water partition coefficient (Wildman–Crippen LogP) is 0.532. The topological polar surface area (TPSA) is 115 Å². The van der Waals surface area contributed by atoms with Gasteiger partial charge in [0.1, 0.15) is 0 Å². The molecule has 0 aliphatic heterocycles. The number of aromatic nitrogens is 4. The number of rotatable bonds is 2. The molecule has 2 aromatic heterocycles. The highest BCUT2D eigenvalue weighted by atomic mass is 16.1. The Morgan fingerprint density at radius 1 is 1.18 bits per heavy atom. The lowest BCUT2D eigenvalue weighted by atomic mass is 10.1. The second-order valence-electron chi connectivity index (χ2n) is 3.63. The fraction of sp³-hybridized carbons (Fsp3) is 0. The lowest BCUT2D eigenvalue weighted by Crippen LogP contribution is -2.07. The van der Waals surface area contributed by atoms with Gasteiger partial charge in [-0.1, -0.05) is 6.07 Å². The fourth-order valence-corrected chi connectivity index (χ4v) is 1.74. The van der Waals surface area contributed by atoms with E-state index in [1.54, 1.807) is 6.20 Å². The summed E-state index contributed by atoms with van der Waals surface area (Å²) < 4.78 is 0. The average molecular weight is 230 g/mol. The van der Waals surface area contributed by atoms with E-state index in [1.807, 2.05) is 18.2 Å². The highest BCUT2D eigenvalue weighted by molar-refractivity contribution is 5.80. The molecule has 0 saturated carbocycles. The summed E-state index contributed by atoms with van der Waals surface area (Å²) in [6, 6.07) is 5.58. The molecule has 2 heterocycles. The van der Waals surface area contributed by atoms with E-state index in [-0.39, 0.29) is 5.69 Å². The Balaban J connectivity index is 2.13. The highest BCUT2D eigenvalue weighted by Gasteiger charge is 2.04. The first-order valence-corrected chi connectivity index (χ1v) is 5.00. The first-order valence-electron chi connectivity index (χ1n) is 5.00. The Hall–Kier alpha value is -2.54. The van der Waals surface area contributed by atoms with Gasteiger partial charge >= 0.3 is 5.69 Å². The molecule has 3 rings (SSSR count). The second-order valence-corrected chi connectivity index (χ2v) is 3.63. The third-order valence-corrected chi connectivity index (χ3v) is 2.54. The van der Waals surface area contributed by atoms with E-state index in [2.05, 4.69) is 25.4 Å². The third kappa shape index (κ3) is 1.58. The molecule has 0 fully saturated rings. The lowest BCUT2D eigenvalue weighted by molar-refractivity contribution is 1.20. The van der Waals surface area contributed by atoms with Crippen molar-refractivity contribution in [3.05, 3.63) is 34.9 Å². The van der Waals surface area contributed by atoms with Crippen molar-refractivity contribution in [1.82, 2.24) is 19.9 Å². The van der Waals surface area contributed by atoms with Crippen LogP contribution in [-0.4, -0.2) is 19.9 Å². The maximum atomic E-state index is 11.1. The minimum atomic E-state index is -0.217. The largest absolute Gasteiger partial charge is 0.323 e. The molecule has 1 aromatic carbocycles. The summed E-state index contributed by atoms with van der Waals surface area (Å²) in [6.45, 7) is 0. The van der Waals surface area contributed by atoms with Crippen LogP contribution in [0.25, 0.3) is 22.3 Å². The fourth-order valence-electron chi connectivity index (χ4n) is 1.74. The number of fused-ring (bicyclic) bond motifs is 1. The molecule has 0 radical (unpaired) electrons. The predicted molar refractivity (Wildman–Crippen MR) is 64.3 cm³/mol. The van der Waals surface area contributed by atoms with Gasteiger partial charge in [0.05, 0.1) is 22.9 Å². The minimum absolute atomic E-state index is 0.217. The molecular weight excluding hydrogens is 220 g/mol. The van der Waals surface area contributed by atoms with Gasteiger partial charge < -0.3 is 15.0 Å². The van der Waals surface area contributed by atoms with Crippen LogP contribution in [0.1, 0.15) is 0 Å². The normalized spacial score (nSPS) is 10.9. The van der Waals surface area contributed by atoms with Crippen molar-refractivity contribution in [3.63, 3.8) is 0 Å². The van der Waals surface area contributed by atoms with Crippen molar-refractivity contribution in [2.24, 2.45) is 5.84 Å². The second kappa shape index (κ2) is 3.49. The van der Waals surface area contributed by atoms with Gasteiger partial charge in [0.15, 0.2) is 0 Å². The SMILES string of the molecule is NNc1ncc(-c2ccc3[nH]c(=O)[nH]c3c2)[nH]1. The Morgan fingerprint density at radius 2 is 2.00 bits per heavy atom. The van der Waals surface area contributed by atoms with Crippen molar-refractivity contribution < 1.29 is 0 Å². The van der Waals surface area contributed by atoms with Crippen LogP contribution in [0, 0.1) is 0 Å². The first-order chi connectivity index (χ1) is 8.26. The standard InChI is InChI=1S/C10H10N6O/c11-16-9-12-4-8(13-9)5-1-2-6-7(3-5)15-10(17)14-6/h1-4H,11H2,(H2,12,13,16)(H2,14,15,17). The maximum Gasteiger partial charge on any atom is 0.323 e. The zero-order valence-corrected chi connectivity index (χ0v) is 8.74. The van der Waals surface area contributed by atoms with Crippen molar-refractivity contribution in [3.8, 4) is 11.3 Å². The van der Waals surface area contributed by atoms with Gasteiger partial charge in [-0.2, -0.15) is 0 Å². The zero-order chi connectivity index (χ0) is 11.8. The number of hydrazine groups is 1. The van der Waals surface area contributed by atoms with Gasteiger partial charge in [-0.25, -0.2) is 15.6 Å². The number of anilines is 1. The molecule has 3 aromatic rings. The van der Waals surface area contributed by atoms with Gasteiger partial charge in [-0.3, -0.25) is 5.43 Å². The number of aromatic amines is 3. The summed E-state index contributed by atoms with van der Waals surface area (Å²) in [5.41, 5.74) is 5.48. The number of nitrogens with zero attached hydrogens (tertiary/aromatic N) is 1. The highest BCUT2D eigenvalue weighted by Crippen LogP contribution is 2.21. The van der Waals surface area contributed by atoms with Crippen LogP contribution in [0.5, 0.6) is 0 Å². The number of nitrogen functional groups attached to an aromatic ring is 1. The summed E-state index contributed by atoms with van der Waals surface area (Å²) in [5.74, 6) is 5.73. The van der Waals surface area contributed by atoms with E-state index in [0.717, 1.165) is 22.3 Å². The number of benzene rings is 1. The molecule has 86 valence electrons. The van der Waals surface area contributed by atoms with E-state index in [1.165, 1.54) is 0 Å². The van der Waals surface area contributed by atoms with Gasteiger partial charge in [0, 0.05) is 5.56 Å². The number of H-pyrrole nitrogens is 3. The Kier molecular flexibility index (Phi) is 1.99. The molecule has 0 aliphatic carbocycles. The van der Waals surface area contributed by atoms with Crippen LogP contribution in [-0.2, 0) is 0 Å². The van der Waals surface area contributed by atoms with E-state index >= 15 is 0 Å². The van der Waals surface area contributed by atoms with E-state index in [0.29, 0.717) is 5.95 Å². The van der Waals surface area contributed by atoms with Crippen molar-refractivity contribution in [2.75, 3.05) is 5.43 Å². The number of hydrogen-bond donors (Lipinski definition) is 5. The van der Waals surface area contributed by atoms with Gasteiger partial charge in [0.2, 0.25) is 5.95 Å². The van der Waals surface area contributed by atoms with Gasteiger partial charge in [-0.05, 0) is 12.1 Å². The van der Waals surface area contributed by atoms with Gasteiger partial charge in [-0.15, -0.1) is 0 Å². The summed E-state index contributed by atoms with van der Waals surface area (Å²) in [6.07, 6.45) is 1.67. The van der Waals surface area contributed by atoms with E-state index in [4.69, 9.17) is 5.84 Å². The first kappa shape index (κ1) is 9.67. The summed E-state index contributed by atoms with van der Waals surface area (Å²) in [4.78, 5) is 23.5. The van der Waals surface area contributed by atoms with Crippen molar-refractivity contribution in [1.29, 1.82) is 0 Å². The molecule has 6 N–H and O–H groups in total. The smallest absolute Gasteiger partial charge is 0.323 e. The number of nitrogens with two attached hydrogens (primary N) is 1. The van der Waals surface area contributed by atoms with Crippen LogP contribution < -0.4 is 17.0 Å². The number of imidazole rings is 2. The molecule has 7 heteroatoms. The summed E-state index contributed by atoms with van der Waals surface area (Å²) in [5, 5.41) is 0. The Bertz CT molecular complexity index is 722. The van der Waals surface area contributed by atoms with E-state index < -0.39 is 0 Å². The molecule has 0 unspecified atom stereocenters. The maximum absolute atomic E-state index is 11.1. The van der Waals surface area contributed by atoms with Gasteiger partial charge in [0.25, 0.3) is 0 Å². The van der Waals surface area contributed by atoms with Crippen molar-refractivity contribution >= 4 is 17.0 Å². The molecular formula is C10H10N6O. The molecule has 0 aliphatic rings.